The molecule has 116 valence electrons. The highest BCUT2D eigenvalue weighted by Crippen LogP contribution is 2.41. The van der Waals surface area contributed by atoms with Gasteiger partial charge in [-0.25, -0.2) is 0 Å². The summed E-state index contributed by atoms with van der Waals surface area (Å²) in [6, 6.07) is 6.56. The second kappa shape index (κ2) is 5.61. The summed E-state index contributed by atoms with van der Waals surface area (Å²) >= 11 is 12.3. The van der Waals surface area contributed by atoms with Crippen LogP contribution in [0.1, 0.15) is 27.7 Å². The molecular weight excluding hydrogens is 323 g/mol. The quantitative estimate of drug-likeness (QED) is 0.914. The summed E-state index contributed by atoms with van der Waals surface area (Å²) in [5, 5.41) is 11.4. The zero-order chi connectivity index (χ0) is 16.0. The van der Waals surface area contributed by atoms with Crippen LogP contribution in [0.4, 0.5) is 0 Å². The summed E-state index contributed by atoms with van der Waals surface area (Å²) in [6.45, 7) is 0. The van der Waals surface area contributed by atoms with Crippen molar-refractivity contribution in [3.63, 3.8) is 0 Å². The molecule has 1 heterocycles. The van der Waals surface area contributed by atoms with Crippen molar-refractivity contribution in [1.82, 2.24) is 9.47 Å². The van der Waals surface area contributed by atoms with Crippen molar-refractivity contribution < 1.29 is 9.90 Å². The van der Waals surface area contributed by atoms with Crippen LogP contribution >= 0.6 is 23.2 Å². The molecule has 1 aliphatic rings. The predicted octanol–water partition coefficient (Wildman–Crippen LogP) is 3.06. The molecular formula is C16H16Cl2N2O2. The van der Waals surface area contributed by atoms with Gasteiger partial charge in [0.2, 0.25) is 0 Å². The third-order valence-electron chi connectivity index (χ3n) is 4.19. The second-order valence-corrected chi connectivity index (χ2v) is 6.44. The van der Waals surface area contributed by atoms with Crippen LogP contribution in [0.5, 0.6) is 0 Å². The van der Waals surface area contributed by atoms with E-state index in [-0.39, 0.29) is 5.91 Å². The zero-order valence-electron chi connectivity index (χ0n) is 12.3. The summed E-state index contributed by atoms with van der Waals surface area (Å²) in [6.07, 6.45) is 1.54. The number of hydrogen-bond donors (Lipinski definition) is 1. The standard InChI is InChI=1S/C16H16Cl2N2O2/c1-19-5-3-4-13(19)16(22)20(2)15-11-6-9(17)7-12(18)10(11)8-14(15)21/h3-7,14-15,21H,8H2,1-2H3/t14-,15+/m0/s1. The van der Waals surface area contributed by atoms with E-state index in [1.54, 1.807) is 34.7 Å². The van der Waals surface area contributed by atoms with Gasteiger partial charge >= 0.3 is 0 Å². The molecule has 4 nitrogen and oxygen atoms in total. The van der Waals surface area contributed by atoms with E-state index < -0.39 is 12.1 Å². The Balaban J connectivity index is 1.99. The highest BCUT2D eigenvalue weighted by molar-refractivity contribution is 6.35. The number of halogens is 2. The molecule has 3 rings (SSSR count). The van der Waals surface area contributed by atoms with E-state index in [4.69, 9.17) is 23.2 Å². The van der Waals surface area contributed by atoms with Crippen LogP contribution in [0.25, 0.3) is 0 Å². The molecule has 0 spiro atoms. The normalized spacial score (nSPS) is 20.0. The summed E-state index contributed by atoms with van der Waals surface area (Å²) in [5.41, 5.74) is 2.24. The van der Waals surface area contributed by atoms with Gasteiger partial charge in [0.05, 0.1) is 12.1 Å². The maximum Gasteiger partial charge on any atom is 0.270 e. The highest BCUT2D eigenvalue weighted by Gasteiger charge is 2.38. The van der Waals surface area contributed by atoms with E-state index in [9.17, 15) is 9.90 Å². The van der Waals surface area contributed by atoms with Crippen molar-refractivity contribution in [2.45, 2.75) is 18.6 Å². The average molecular weight is 339 g/mol. The van der Waals surface area contributed by atoms with Crippen molar-refractivity contribution in [2.24, 2.45) is 7.05 Å². The van der Waals surface area contributed by atoms with E-state index >= 15 is 0 Å². The number of amides is 1. The van der Waals surface area contributed by atoms with Gasteiger partial charge in [0.1, 0.15) is 5.69 Å². The lowest BCUT2D eigenvalue weighted by Gasteiger charge is -2.28. The number of fused-ring (bicyclic) bond motifs is 1. The number of nitrogens with zero attached hydrogens (tertiary/aromatic N) is 2. The number of rotatable bonds is 2. The van der Waals surface area contributed by atoms with Crippen LogP contribution in [-0.4, -0.2) is 33.6 Å². The first-order chi connectivity index (χ1) is 10.4. The van der Waals surface area contributed by atoms with Crippen LogP contribution in [0.3, 0.4) is 0 Å². The molecule has 22 heavy (non-hydrogen) atoms. The van der Waals surface area contributed by atoms with Gasteiger partial charge in [0.15, 0.2) is 0 Å². The van der Waals surface area contributed by atoms with Crippen LogP contribution in [0.15, 0.2) is 30.5 Å². The van der Waals surface area contributed by atoms with Gasteiger partial charge in [-0.3, -0.25) is 4.79 Å². The van der Waals surface area contributed by atoms with Crippen molar-refractivity contribution >= 4 is 29.1 Å². The van der Waals surface area contributed by atoms with Crippen molar-refractivity contribution in [2.75, 3.05) is 7.05 Å². The van der Waals surface area contributed by atoms with Crippen LogP contribution < -0.4 is 0 Å². The third-order valence-corrected chi connectivity index (χ3v) is 4.75. The third kappa shape index (κ3) is 2.41. The summed E-state index contributed by atoms with van der Waals surface area (Å²) < 4.78 is 1.76. The lowest BCUT2D eigenvalue weighted by molar-refractivity contribution is 0.0489. The summed E-state index contributed by atoms with van der Waals surface area (Å²) in [7, 11) is 3.50. The number of carbonyl (C=O) groups excluding carboxylic acids is 1. The molecule has 6 heteroatoms. The molecule has 2 atom stereocenters. The largest absolute Gasteiger partial charge is 0.390 e. The minimum absolute atomic E-state index is 0.152. The van der Waals surface area contributed by atoms with Crippen molar-refractivity contribution in [3.05, 3.63) is 57.3 Å². The fourth-order valence-corrected chi connectivity index (χ4v) is 3.67. The summed E-state index contributed by atoms with van der Waals surface area (Å²) in [5.74, 6) is -0.152. The molecule has 1 aromatic heterocycles. The number of aromatic nitrogens is 1. The smallest absolute Gasteiger partial charge is 0.270 e. The number of aliphatic hydroxyl groups is 1. The molecule has 1 aliphatic carbocycles. The Bertz CT molecular complexity index is 742. The maximum atomic E-state index is 12.7. The molecule has 0 bridgehead atoms. The van der Waals surface area contributed by atoms with Gasteiger partial charge in [-0.05, 0) is 35.4 Å². The van der Waals surface area contributed by atoms with E-state index in [2.05, 4.69) is 0 Å². The van der Waals surface area contributed by atoms with Gasteiger partial charge in [-0.1, -0.05) is 23.2 Å². The molecule has 1 aromatic carbocycles. The predicted molar refractivity (Wildman–Crippen MR) is 86.4 cm³/mol. The van der Waals surface area contributed by atoms with E-state index in [0.29, 0.717) is 22.2 Å². The Morgan fingerprint density at radius 1 is 1.41 bits per heavy atom. The van der Waals surface area contributed by atoms with E-state index in [0.717, 1.165) is 11.1 Å². The number of benzene rings is 1. The fraction of sp³-hybridized carbons (Fsp3) is 0.312. The topological polar surface area (TPSA) is 45.5 Å². The second-order valence-electron chi connectivity index (χ2n) is 5.59. The number of hydrogen-bond acceptors (Lipinski definition) is 2. The van der Waals surface area contributed by atoms with Crippen LogP contribution in [-0.2, 0) is 13.5 Å². The summed E-state index contributed by atoms with van der Waals surface area (Å²) in [4.78, 5) is 14.2. The first kappa shape index (κ1) is 15.4. The molecule has 2 aromatic rings. The zero-order valence-corrected chi connectivity index (χ0v) is 13.8. The number of aliphatic hydroxyl groups excluding tert-OH is 1. The fourth-order valence-electron chi connectivity index (χ4n) is 3.09. The highest BCUT2D eigenvalue weighted by atomic mass is 35.5. The lowest BCUT2D eigenvalue weighted by atomic mass is 10.1. The molecule has 0 aliphatic heterocycles. The number of aryl methyl sites for hydroxylation is 1. The molecule has 1 N–H and O–H groups in total. The van der Waals surface area contributed by atoms with Crippen molar-refractivity contribution in [1.29, 1.82) is 0 Å². The minimum atomic E-state index is -0.694. The molecule has 0 fully saturated rings. The SMILES string of the molecule is CN(C(=O)c1cccn1C)[C@@H]1c2cc(Cl)cc(Cl)c2C[C@@H]1O. The average Bonchev–Trinajstić information content (AvgIpc) is 3.01. The molecule has 0 radical (unpaired) electrons. The van der Waals surface area contributed by atoms with Gasteiger partial charge in [0, 0.05) is 36.8 Å². The first-order valence-electron chi connectivity index (χ1n) is 6.94. The van der Waals surface area contributed by atoms with Crippen LogP contribution in [0, 0.1) is 0 Å². The Morgan fingerprint density at radius 2 is 2.14 bits per heavy atom. The Labute approximate surface area is 138 Å². The number of likely N-dealkylation sites (N-methyl/N-ethyl adjacent to an activating group) is 1. The van der Waals surface area contributed by atoms with Gasteiger partial charge in [-0.2, -0.15) is 0 Å². The van der Waals surface area contributed by atoms with E-state index in [1.807, 2.05) is 19.3 Å². The first-order valence-corrected chi connectivity index (χ1v) is 7.70. The molecule has 0 saturated heterocycles. The monoisotopic (exact) mass is 338 g/mol. The lowest BCUT2D eigenvalue weighted by Crippen LogP contribution is -2.36. The Kier molecular flexibility index (Phi) is 3.93. The van der Waals surface area contributed by atoms with Crippen molar-refractivity contribution in [3.8, 4) is 0 Å². The molecule has 0 saturated carbocycles. The van der Waals surface area contributed by atoms with Gasteiger partial charge in [-0.15, -0.1) is 0 Å². The Morgan fingerprint density at radius 3 is 2.77 bits per heavy atom. The van der Waals surface area contributed by atoms with Crippen LogP contribution in [0.2, 0.25) is 10.0 Å². The molecule has 0 unspecified atom stereocenters. The van der Waals surface area contributed by atoms with E-state index in [1.165, 1.54) is 0 Å². The minimum Gasteiger partial charge on any atom is -0.390 e. The number of carbonyl (C=O) groups is 1. The van der Waals surface area contributed by atoms with Gasteiger partial charge < -0.3 is 14.6 Å². The maximum absolute atomic E-state index is 12.7. The Hall–Kier alpha value is -1.49. The molecule has 1 amide bonds. The van der Waals surface area contributed by atoms with Gasteiger partial charge in [0.25, 0.3) is 5.91 Å².